The number of benzene rings is 2. The van der Waals surface area contributed by atoms with Crippen molar-refractivity contribution in [3.05, 3.63) is 66.2 Å². The molecule has 1 aliphatic rings. The Balaban J connectivity index is 0.00000243. The van der Waals surface area contributed by atoms with Crippen LogP contribution in [-0.4, -0.2) is 25.5 Å². The van der Waals surface area contributed by atoms with Gasteiger partial charge in [0.1, 0.15) is 5.75 Å². The molecule has 1 aliphatic heterocycles. The van der Waals surface area contributed by atoms with E-state index in [1.54, 1.807) is 0 Å². The summed E-state index contributed by atoms with van der Waals surface area (Å²) in [4.78, 5) is 12.7. The largest absolute Gasteiger partial charge is 0.476 e. The smallest absolute Gasteiger partial charge is 0.265 e. The number of halogens is 1. The van der Waals surface area contributed by atoms with Crippen LogP contribution in [0.15, 0.2) is 60.7 Å². The first-order valence-corrected chi connectivity index (χ1v) is 9.08. The Labute approximate surface area is 161 Å². The summed E-state index contributed by atoms with van der Waals surface area (Å²) in [6.45, 7) is 2.86. The highest BCUT2D eigenvalue weighted by Gasteiger charge is 2.22. The Morgan fingerprint density at radius 3 is 2.46 bits per heavy atom. The lowest BCUT2D eigenvalue weighted by atomic mass is 9.96. The standard InChI is InChI=1S/C21H26N2O2.ClH/c24-21(23-15-13-17-8-7-14-22-16-17)20(18-9-3-1-4-10-18)25-19-11-5-2-6-12-19;/h1-6,9-12,17,20,22H,7-8,13-16H2,(H,23,24);1H. The highest BCUT2D eigenvalue weighted by atomic mass is 35.5. The topological polar surface area (TPSA) is 50.4 Å². The molecule has 3 rings (SSSR count). The molecule has 2 aromatic rings. The maximum absolute atomic E-state index is 12.7. The Morgan fingerprint density at radius 1 is 1.12 bits per heavy atom. The van der Waals surface area contributed by atoms with Crippen LogP contribution in [0.1, 0.15) is 30.9 Å². The lowest BCUT2D eigenvalue weighted by Crippen LogP contribution is -2.36. The summed E-state index contributed by atoms with van der Waals surface area (Å²) in [7, 11) is 0. The van der Waals surface area contributed by atoms with Crippen LogP contribution >= 0.6 is 12.4 Å². The van der Waals surface area contributed by atoms with Crippen LogP contribution in [0.2, 0.25) is 0 Å². The molecular formula is C21H27ClN2O2. The fourth-order valence-electron chi connectivity index (χ4n) is 3.20. The lowest BCUT2D eigenvalue weighted by molar-refractivity contribution is -0.128. The van der Waals surface area contributed by atoms with E-state index < -0.39 is 6.10 Å². The monoisotopic (exact) mass is 374 g/mol. The van der Waals surface area contributed by atoms with E-state index in [2.05, 4.69) is 10.6 Å². The molecule has 1 saturated heterocycles. The van der Waals surface area contributed by atoms with Crippen molar-refractivity contribution in [2.75, 3.05) is 19.6 Å². The molecule has 0 saturated carbocycles. The Kier molecular flexibility index (Phi) is 8.45. The first-order valence-electron chi connectivity index (χ1n) is 9.08. The number of ether oxygens (including phenoxy) is 1. The third-order valence-corrected chi connectivity index (χ3v) is 4.59. The fourth-order valence-corrected chi connectivity index (χ4v) is 3.20. The van der Waals surface area contributed by atoms with Gasteiger partial charge in [0.25, 0.3) is 5.91 Å². The summed E-state index contributed by atoms with van der Waals surface area (Å²) < 4.78 is 5.98. The van der Waals surface area contributed by atoms with Crippen molar-refractivity contribution < 1.29 is 9.53 Å². The van der Waals surface area contributed by atoms with Crippen LogP contribution in [-0.2, 0) is 4.79 Å². The van der Waals surface area contributed by atoms with Crippen molar-refractivity contribution in [3.8, 4) is 5.75 Å². The van der Waals surface area contributed by atoms with Crippen molar-refractivity contribution in [3.63, 3.8) is 0 Å². The lowest BCUT2D eigenvalue weighted by Gasteiger charge is -2.23. The van der Waals surface area contributed by atoms with Crippen LogP contribution < -0.4 is 15.4 Å². The summed E-state index contributed by atoms with van der Waals surface area (Å²) in [5, 5.41) is 6.47. The maximum atomic E-state index is 12.7. The third-order valence-electron chi connectivity index (χ3n) is 4.59. The van der Waals surface area contributed by atoms with Gasteiger partial charge in [-0.3, -0.25) is 4.79 Å². The van der Waals surface area contributed by atoms with Crippen LogP contribution in [0.4, 0.5) is 0 Å². The second kappa shape index (κ2) is 10.8. The molecule has 2 N–H and O–H groups in total. The molecule has 0 aromatic heterocycles. The highest BCUT2D eigenvalue weighted by Crippen LogP contribution is 2.22. The van der Waals surface area contributed by atoms with Gasteiger partial charge in [0, 0.05) is 12.1 Å². The van der Waals surface area contributed by atoms with Gasteiger partial charge in [-0.05, 0) is 50.4 Å². The van der Waals surface area contributed by atoms with E-state index in [4.69, 9.17) is 4.74 Å². The van der Waals surface area contributed by atoms with Crippen LogP contribution in [0.3, 0.4) is 0 Å². The molecule has 0 radical (unpaired) electrons. The van der Waals surface area contributed by atoms with Gasteiger partial charge < -0.3 is 15.4 Å². The van der Waals surface area contributed by atoms with Crippen molar-refractivity contribution in [1.29, 1.82) is 0 Å². The zero-order chi connectivity index (χ0) is 17.3. The molecule has 2 atom stereocenters. The van der Waals surface area contributed by atoms with Crippen molar-refractivity contribution >= 4 is 18.3 Å². The van der Waals surface area contributed by atoms with Gasteiger partial charge in [0.2, 0.25) is 6.10 Å². The minimum atomic E-state index is -0.631. The number of hydrogen-bond acceptors (Lipinski definition) is 3. The molecular weight excluding hydrogens is 348 g/mol. The number of piperidine rings is 1. The van der Waals surface area contributed by atoms with E-state index >= 15 is 0 Å². The zero-order valence-corrected chi connectivity index (χ0v) is 15.7. The number of carbonyl (C=O) groups excluding carboxylic acids is 1. The summed E-state index contributed by atoms with van der Waals surface area (Å²) in [5.41, 5.74) is 0.864. The van der Waals surface area contributed by atoms with Gasteiger partial charge in [0.15, 0.2) is 0 Å². The molecule has 0 aliphatic carbocycles. The predicted molar refractivity (Wildman–Crippen MR) is 107 cm³/mol. The molecule has 5 heteroatoms. The quantitative estimate of drug-likeness (QED) is 0.776. The van der Waals surface area contributed by atoms with Gasteiger partial charge >= 0.3 is 0 Å². The average Bonchev–Trinajstić information content (AvgIpc) is 2.68. The molecule has 0 spiro atoms. The molecule has 140 valence electrons. The molecule has 4 nitrogen and oxygen atoms in total. The minimum Gasteiger partial charge on any atom is -0.476 e. The fraction of sp³-hybridized carbons (Fsp3) is 0.381. The number of amides is 1. The van der Waals surface area contributed by atoms with Crippen LogP contribution in [0, 0.1) is 5.92 Å². The third kappa shape index (κ3) is 6.04. The first kappa shape index (κ1) is 20.3. The second-order valence-electron chi connectivity index (χ2n) is 6.51. The van der Waals surface area contributed by atoms with E-state index in [-0.39, 0.29) is 18.3 Å². The SMILES string of the molecule is Cl.O=C(NCCC1CCCNC1)C(Oc1ccccc1)c1ccccc1. The molecule has 2 aromatic carbocycles. The Morgan fingerprint density at radius 2 is 1.81 bits per heavy atom. The normalized spacial score (nSPS) is 17.6. The van der Waals surface area contributed by atoms with Crippen LogP contribution in [0.5, 0.6) is 5.75 Å². The minimum absolute atomic E-state index is 0. The number of rotatable bonds is 7. The second-order valence-corrected chi connectivity index (χ2v) is 6.51. The number of carbonyl (C=O) groups is 1. The van der Waals surface area contributed by atoms with Crippen molar-refractivity contribution in [2.45, 2.75) is 25.4 Å². The average molecular weight is 375 g/mol. The van der Waals surface area contributed by atoms with Crippen LogP contribution in [0.25, 0.3) is 0 Å². The Bertz CT molecular complexity index is 646. The van der Waals surface area contributed by atoms with E-state index in [1.165, 1.54) is 12.8 Å². The molecule has 26 heavy (non-hydrogen) atoms. The summed E-state index contributed by atoms with van der Waals surface area (Å²) >= 11 is 0. The summed E-state index contributed by atoms with van der Waals surface area (Å²) in [6.07, 6.45) is 2.84. The van der Waals surface area contributed by atoms with E-state index in [0.717, 1.165) is 25.1 Å². The maximum Gasteiger partial charge on any atom is 0.265 e. The number of para-hydroxylation sites is 1. The van der Waals surface area contributed by atoms with Gasteiger partial charge in [-0.25, -0.2) is 0 Å². The van der Waals surface area contributed by atoms with Gasteiger partial charge in [-0.15, -0.1) is 12.4 Å². The summed E-state index contributed by atoms with van der Waals surface area (Å²) in [5.74, 6) is 1.26. The van der Waals surface area contributed by atoms with E-state index in [1.807, 2.05) is 60.7 Å². The summed E-state index contributed by atoms with van der Waals surface area (Å²) in [6, 6.07) is 19.1. The number of nitrogens with one attached hydrogen (secondary N) is 2. The van der Waals surface area contributed by atoms with E-state index in [0.29, 0.717) is 18.2 Å². The molecule has 1 amide bonds. The van der Waals surface area contributed by atoms with E-state index in [9.17, 15) is 4.79 Å². The predicted octanol–water partition coefficient (Wildman–Crippen LogP) is 3.73. The van der Waals surface area contributed by atoms with Gasteiger partial charge in [0.05, 0.1) is 0 Å². The first-order chi connectivity index (χ1) is 12.3. The molecule has 1 heterocycles. The number of hydrogen-bond donors (Lipinski definition) is 2. The molecule has 0 bridgehead atoms. The molecule has 2 unspecified atom stereocenters. The van der Waals surface area contributed by atoms with Gasteiger partial charge in [-0.2, -0.15) is 0 Å². The highest BCUT2D eigenvalue weighted by molar-refractivity contribution is 5.85. The Hall–Kier alpha value is -2.04. The van der Waals surface area contributed by atoms with Crippen molar-refractivity contribution in [1.82, 2.24) is 10.6 Å². The van der Waals surface area contributed by atoms with Gasteiger partial charge in [-0.1, -0.05) is 48.5 Å². The van der Waals surface area contributed by atoms with Crippen molar-refractivity contribution in [2.24, 2.45) is 5.92 Å². The zero-order valence-electron chi connectivity index (χ0n) is 14.9. The molecule has 1 fully saturated rings.